The molecule has 0 aromatic carbocycles. The molecule has 5 heteroatoms. The van der Waals surface area contributed by atoms with Crippen LogP contribution in [0.25, 0.3) is 18.8 Å². The van der Waals surface area contributed by atoms with E-state index in [0.29, 0.717) is 0 Å². The van der Waals surface area contributed by atoms with Crippen molar-refractivity contribution in [2.24, 2.45) is 0 Å². The molecular weight excluding hydrogens is 336 g/mol. The molecule has 0 aliphatic carbocycles. The van der Waals surface area contributed by atoms with Crippen LogP contribution in [-0.4, -0.2) is 8.07 Å². The summed E-state index contributed by atoms with van der Waals surface area (Å²) in [5.41, 5.74) is 0. The minimum Gasteiger partial charge on any atom is -0.143 e. The molecule has 16 heavy (non-hydrogen) atoms. The van der Waals surface area contributed by atoms with Gasteiger partial charge in [-0.3, -0.25) is 0 Å². The molecule has 3 heterocycles. The highest BCUT2D eigenvalue weighted by Crippen LogP contribution is 2.43. The number of halogens is 1. The van der Waals surface area contributed by atoms with Gasteiger partial charge in [0.25, 0.3) is 0 Å². The van der Waals surface area contributed by atoms with Gasteiger partial charge < -0.3 is 0 Å². The second-order valence-corrected chi connectivity index (χ2v) is 14.9. The smallest absolute Gasteiger partial charge is 0.0904 e. The van der Waals surface area contributed by atoms with E-state index in [2.05, 4.69) is 47.7 Å². The van der Waals surface area contributed by atoms with Crippen molar-refractivity contribution in [3.05, 3.63) is 15.9 Å². The molecule has 3 aromatic heterocycles. The van der Waals surface area contributed by atoms with E-state index in [-0.39, 0.29) is 0 Å². The lowest BCUT2D eigenvalue weighted by molar-refractivity contribution is 1.79. The zero-order valence-electron chi connectivity index (χ0n) is 9.26. The van der Waals surface area contributed by atoms with E-state index in [1.165, 1.54) is 22.6 Å². The number of thiophene rings is 3. The predicted octanol–water partition coefficient (Wildman–Crippen LogP) is 5.49. The summed E-state index contributed by atoms with van der Waals surface area (Å²) in [7, 11) is -1.14. The Bertz CT molecular complexity index is 668. The number of fused-ring (bicyclic) bond motifs is 3. The average Bonchev–Trinajstić information content (AvgIpc) is 2.72. The Morgan fingerprint density at radius 2 is 1.56 bits per heavy atom. The van der Waals surface area contributed by atoms with Gasteiger partial charge in [0.1, 0.15) is 0 Å². The Morgan fingerprint density at radius 1 is 0.938 bits per heavy atom. The molecule has 0 radical (unpaired) electrons. The summed E-state index contributed by atoms with van der Waals surface area (Å²) >= 11 is 9.39. The highest BCUT2D eigenvalue weighted by molar-refractivity contribution is 9.11. The fourth-order valence-electron chi connectivity index (χ4n) is 1.68. The van der Waals surface area contributed by atoms with Crippen molar-refractivity contribution in [2.75, 3.05) is 0 Å². The lowest BCUT2D eigenvalue weighted by Gasteiger charge is -2.11. The van der Waals surface area contributed by atoms with Crippen molar-refractivity contribution < 1.29 is 0 Å². The molecule has 0 unspecified atom stereocenters. The Balaban J connectivity index is 2.32. The molecule has 0 saturated heterocycles. The van der Waals surface area contributed by atoms with E-state index < -0.39 is 8.07 Å². The van der Waals surface area contributed by atoms with Crippen molar-refractivity contribution >= 4 is 81.3 Å². The van der Waals surface area contributed by atoms with E-state index >= 15 is 0 Å². The van der Waals surface area contributed by atoms with Crippen LogP contribution in [0.4, 0.5) is 0 Å². The SMILES string of the molecule is C[Si](C)(C)c1cc2sc3cc(Br)sc3c2s1. The quantitative estimate of drug-likeness (QED) is 0.511. The van der Waals surface area contributed by atoms with Crippen LogP contribution in [0.2, 0.25) is 19.6 Å². The fraction of sp³-hybridized carbons (Fsp3) is 0.273. The first-order chi connectivity index (χ1) is 7.45. The van der Waals surface area contributed by atoms with Gasteiger partial charge in [0.15, 0.2) is 0 Å². The molecule has 0 spiro atoms. The van der Waals surface area contributed by atoms with Gasteiger partial charge in [-0.15, -0.1) is 34.0 Å². The van der Waals surface area contributed by atoms with Gasteiger partial charge in [0.2, 0.25) is 0 Å². The van der Waals surface area contributed by atoms with Crippen LogP contribution in [0, 0.1) is 0 Å². The largest absolute Gasteiger partial charge is 0.143 e. The number of hydrogen-bond acceptors (Lipinski definition) is 3. The van der Waals surface area contributed by atoms with Gasteiger partial charge in [-0.05, 0) is 32.6 Å². The Labute approximate surface area is 116 Å². The highest BCUT2D eigenvalue weighted by Gasteiger charge is 2.21. The van der Waals surface area contributed by atoms with Crippen molar-refractivity contribution in [1.82, 2.24) is 0 Å². The van der Waals surface area contributed by atoms with Crippen LogP contribution < -0.4 is 4.50 Å². The Kier molecular flexibility index (Phi) is 2.60. The second-order valence-electron chi connectivity index (χ2n) is 4.90. The van der Waals surface area contributed by atoms with Crippen molar-refractivity contribution in [1.29, 1.82) is 0 Å². The third kappa shape index (κ3) is 1.73. The molecule has 84 valence electrons. The van der Waals surface area contributed by atoms with Crippen LogP contribution in [0.15, 0.2) is 15.9 Å². The van der Waals surface area contributed by atoms with E-state index in [1.807, 2.05) is 34.0 Å². The lowest BCUT2D eigenvalue weighted by Crippen LogP contribution is -2.34. The van der Waals surface area contributed by atoms with Crippen LogP contribution in [0.5, 0.6) is 0 Å². The second kappa shape index (κ2) is 3.65. The van der Waals surface area contributed by atoms with Gasteiger partial charge in [0.05, 0.1) is 21.3 Å². The molecule has 0 bridgehead atoms. The summed E-state index contributed by atoms with van der Waals surface area (Å²) in [4.78, 5) is 0. The topological polar surface area (TPSA) is 0 Å². The third-order valence-corrected chi connectivity index (χ3v) is 10.4. The van der Waals surface area contributed by atoms with Crippen LogP contribution in [0.1, 0.15) is 0 Å². The summed E-state index contributed by atoms with van der Waals surface area (Å²) in [6.07, 6.45) is 0. The van der Waals surface area contributed by atoms with Crippen LogP contribution in [0.3, 0.4) is 0 Å². The molecule has 0 saturated carbocycles. The molecule has 0 amide bonds. The summed E-state index contributed by atoms with van der Waals surface area (Å²) < 4.78 is 8.77. The highest BCUT2D eigenvalue weighted by atomic mass is 79.9. The summed E-state index contributed by atoms with van der Waals surface area (Å²) in [6, 6.07) is 4.67. The molecular formula is C11H11BrS3Si. The van der Waals surface area contributed by atoms with Crippen molar-refractivity contribution in [3.8, 4) is 0 Å². The molecule has 0 atom stereocenters. The minimum atomic E-state index is -1.14. The van der Waals surface area contributed by atoms with Crippen LogP contribution in [-0.2, 0) is 0 Å². The average molecular weight is 347 g/mol. The summed E-state index contributed by atoms with van der Waals surface area (Å²) in [6.45, 7) is 7.26. The maximum atomic E-state index is 3.57. The molecule has 3 rings (SSSR count). The molecule has 0 N–H and O–H groups in total. The summed E-state index contributed by atoms with van der Waals surface area (Å²) in [5.74, 6) is 0. The maximum absolute atomic E-state index is 3.57. The first-order valence-corrected chi connectivity index (χ1v) is 11.8. The first kappa shape index (κ1) is 11.4. The minimum absolute atomic E-state index is 1.14. The molecule has 0 fully saturated rings. The normalized spacial score (nSPS) is 13.0. The molecule has 0 aliphatic rings. The third-order valence-electron chi connectivity index (χ3n) is 2.53. The van der Waals surface area contributed by atoms with Gasteiger partial charge in [0, 0.05) is 9.40 Å². The van der Waals surface area contributed by atoms with E-state index in [0.717, 1.165) is 0 Å². The predicted molar refractivity (Wildman–Crippen MR) is 85.8 cm³/mol. The van der Waals surface area contributed by atoms with Crippen LogP contribution >= 0.6 is 49.9 Å². The summed E-state index contributed by atoms with van der Waals surface area (Å²) in [5, 5.41) is 0. The standard InChI is InChI=1S/C11H11BrS3Si/c1-16(2,3)9-5-7-11(15-9)10-6(13-7)4-8(12)14-10/h4-5H,1-3H3. The monoisotopic (exact) mass is 346 g/mol. The Morgan fingerprint density at radius 3 is 2.25 bits per heavy atom. The zero-order valence-corrected chi connectivity index (χ0v) is 14.3. The fourth-order valence-corrected chi connectivity index (χ4v) is 8.26. The number of hydrogen-bond donors (Lipinski definition) is 0. The van der Waals surface area contributed by atoms with Gasteiger partial charge in [-0.2, -0.15) is 0 Å². The number of rotatable bonds is 1. The molecule has 0 nitrogen and oxygen atoms in total. The Hall–Kier alpha value is 0.317. The van der Waals surface area contributed by atoms with E-state index in [4.69, 9.17) is 0 Å². The van der Waals surface area contributed by atoms with Gasteiger partial charge in [-0.1, -0.05) is 19.6 Å². The molecule has 3 aromatic rings. The van der Waals surface area contributed by atoms with Gasteiger partial charge >= 0.3 is 0 Å². The van der Waals surface area contributed by atoms with Crippen molar-refractivity contribution in [3.63, 3.8) is 0 Å². The van der Waals surface area contributed by atoms with Gasteiger partial charge in [-0.25, -0.2) is 0 Å². The molecule has 0 aliphatic heterocycles. The lowest BCUT2D eigenvalue weighted by atomic mass is 10.5. The maximum Gasteiger partial charge on any atom is 0.0904 e. The first-order valence-electron chi connectivity index (χ1n) is 5.07. The van der Waals surface area contributed by atoms with E-state index in [1.54, 1.807) is 4.50 Å². The van der Waals surface area contributed by atoms with Crippen molar-refractivity contribution in [2.45, 2.75) is 19.6 Å². The van der Waals surface area contributed by atoms with E-state index in [9.17, 15) is 0 Å². The zero-order chi connectivity index (χ0) is 11.5.